The molecule has 1 atom stereocenters. The van der Waals surface area contributed by atoms with Gasteiger partial charge in [0.2, 0.25) is 0 Å². The monoisotopic (exact) mass is 339 g/mol. The molecule has 0 bridgehead atoms. The molecule has 0 heterocycles. The van der Waals surface area contributed by atoms with E-state index in [1.54, 1.807) is 32.0 Å². The highest BCUT2D eigenvalue weighted by molar-refractivity contribution is 6.30. The molecule has 1 aromatic carbocycles. The first kappa shape index (κ1) is 18.7. The largest absolute Gasteiger partial charge is 0.463 e. The number of hydrogen-bond acceptors (Lipinski definition) is 5. The highest BCUT2D eigenvalue weighted by Crippen LogP contribution is 2.17. The minimum Gasteiger partial charge on any atom is -0.463 e. The maximum Gasteiger partial charge on any atom is 0.331 e. The van der Waals surface area contributed by atoms with Crippen molar-refractivity contribution in [3.63, 3.8) is 0 Å². The van der Waals surface area contributed by atoms with Gasteiger partial charge in [0.25, 0.3) is 5.91 Å². The number of halogens is 1. The molecule has 124 valence electrons. The van der Waals surface area contributed by atoms with E-state index in [1.165, 1.54) is 0 Å². The molecule has 1 aromatic rings. The molecule has 23 heavy (non-hydrogen) atoms. The third-order valence-corrected chi connectivity index (χ3v) is 2.95. The fourth-order valence-electron chi connectivity index (χ4n) is 1.65. The second-order valence-electron chi connectivity index (χ2n) is 4.54. The van der Waals surface area contributed by atoms with E-state index in [0.717, 1.165) is 17.7 Å². The average Bonchev–Trinajstić information content (AvgIpc) is 2.51. The van der Waals surface area contributed by atoms with E-state index in [0.29, 0.717) is 5.02 Å². The third kappa shape index (κ3) is 7.46. The zero-order valence-corrected chi connectivity index (χ0v) is 13.6. The summed E-state index contributed by atoms with van der Waals surface area (Å²) in [6.07, 6.45) is 1.85. The van der Waals surface area contributed by atoms with Crippen molar-refractivity contribution in [1.29, 1.82) is 0 Å². The maximum atomic E-state index is 11.7. The summed E-state index contributed by atoms with van der Waals surface area (Å²) in [4.78, 5) is 34.1. The first-order valence-electron chi connectivity index (χ1n) is 6.98. The van der Waals surface area contributed by atoms with Crippen molar-refractivity contribution in [3.05, 3.63) is 47.0 Å². The number of esters is 2. The van der Waals surface area contributed by atoms with E-state index in [9.17, 15) is 14.4 Å². The van der Waals surface area contributed by atoms with Gasteiger partial charge in [0.05, 0.1) is 12.6 Å². The number of rotatable bonds is 7. The number of nitrogens with one attached hydrogen (secondary N) is 1. The zero-order chi connectivity index (χ0) is 17.2. The summed E-state index contributed by atoms with van der Waals surface area (Å²) >= 11 is 5.88. The van der Waals surface area contributed by atoms with Crippen LogP contribution in [0.4, 0.5) is 0 Å². The number of carbonyl (C=O) groups excluding carboxylic acids is 3. The zero-order valence-electron chi connectivity index (χ0n) is 12.9. The van der Waals surface area contributed by atoms with Crippen molar-refractivity contribution < 1.29 is 23.9 Å². The van der Waals surface area contributed by atoms with Crippen molar-refractivity contribution in [2.75, 3.05) is 13.2 Å². The molecule has 1 rings (SSSR count). The van der Waals surface area contributed by atoms with Crippen LogP contribution in [0, 0.1) is 0 Å². The highest BCUT2D eigenvalue weighted by atomic mass is 35.5. The number of amides is 1. The molecule has 0 spiro atoms. The van der Waals surface area contributed by atoms with E-state index in [4.69, 9.17) is 16.3 Å². The summed E-state index contributed by atoms with van der Waals surface area (Å²) in [5, 5.41) is 3.24. The van der Waals surface area contributed by atoms with E-state index in [-0.39, 0.29) is 12.6 Å². The van der Waals surface area contributed by atoms with Crippen LogP contribution in [-0.2, 0) is 23.9 Å². The SMILES string of the molecule is CCOC(=O)/C=C/C(=O)OCC(=O)N[C@H](C)c1cccc(Cl)c1. The molecule has 0 fully saturated rings. The first-order valence-corrected chi connectivity index (χ1v) is 7.36. The summed E-state index contributed by atoms with van der Waals surface area (Å²) in [6, 6.07) is 6.79. The molecule has 0 radical (unpaired) electrons. The first-order chi connectivity index (χ1) is 10.9. The van der Waals surface area contributed by atoms with Crippen LogP contribution in [0.25, 0.3) is 0 Å². The average molecular weight is 340 g/mol. The molecule has 0 unspecified atom stereocenters. The molecular formula is C16H18ClNO5. The molecule has 0 aromatic heterocycles. The van der Waals surface area contributed by atoms with Crippen LogP contribution in [0.1, 0.15) is 25.5 Å². The van der Waals surface area contributed by atoms with Crippen LogP contribution in [0.3, 0.4) is 0 Å². The lowest BCUT2D eigenvalue weighted by Gasteiger charge is -2.14. The molecule has 0 aliphatic heterocycles. The molecule has 7 heteroatoms. The van der Waals surface area contributed by atoms with Crippen molar-refractivity contribution in [1.82, 2.24) is 5.32 Å². The van der Waals surface area contributed by atoms with Gasteiger partial charge in [0.1, 0.15) is 0 Å². The Hall–Kier alpha value is -2.34. The molecule has 1 amide bonds. The van der Waals surface area contributed by atoms with Gasteiger partial charge in [-0.05, 0) is 31.5 Å². The third-order valence-electron chi connectivity index (χ3n) is 2.71. The molecular weight excluding hydrogens is 322 g/mol. The van der Waals surface area contributed by atoms with Crippen molar-refractivity contribution in [3.8, 4) is 0 Å². The highest BCUT2D eigenvalue weighted by Gasteiger charge is 2.11. The van der Waals surface area contributed by atoms with Gasteiger partial charge in [-0.1, -0.05) is 23.7 Å². The minimum absolute atomic E-state index is 0.210. The van der Waals surface area contributed by atoms with Crippen LogP contribution >= 0.6 is 11.6 Å². The van der Waals surface area contributed by atoms with Gasteiger partial charge < -0.3 is 14.8 Å². The normalized spacial score (nSPS) is 11.8. The van der Waals surface area contributed by atoms with Crippen LogP contribution in [0.15, 0.2) is 36.4 Å². The van der Waals surface area contributed by atoms with Crippen LogP contribution in [-0.4, -0.2) is 31.1 Å². The number of hydrogen-bond donors (Lipinski definition) is 1. The maximum absolute atomic E-state index is 11.7. The van der Waals surface area contributed by atoms with Gasteiger partial charge in [0.15, 0.2) is 6.61 Å². The number of carbonyl (C=O) groups is 3. The summed E-state index contributed by atoms with van der Waals surface area (Å²) in [5.74, 6) is -1.91. The van der Waals surface area contributed by atoms with E-state index < -0.39 is 24.5 Å². The van der Waals surface area contributed by atoms with E-state index in [1.807, 2.05) is 6.07 Å². The molecule has 0 aliphatic carbocycles. The summed E-state index contributed by atoms with van der Waals surface area (Å²) in [5.41, 5.74) is 0.833. The molecule has 0 saturated heterocycles. The van der Waals surface area contributed by atoms with Crippen LogP contribution in [0.2, 0.25) is 5.02 Å². The fraction of sp³-hybridized carbons (Fsp3) is 0.312. The van der Waals surface area contributed by atoms with Gasteiger partial charge in [-0.2, -0.15) is 0 Å². The fourth-order valence-corrected chi connectivity index (χ4v) is 1.85. The summed E-state index contributed by atoms with van der Waals surface area (Å²) in [7, 11) is 0. The van der Waals surface area contributed by atoms with E-state index in [2.05, 4.69) is 10.1 Å². The van der Waals surface area contributed by atoms with Crippen LogP contribution in [0.5, 0.6) is 0 Å². The summed E-state index contributed by atoms with van der Waals surface area (Å²) < 4.78 is 9.33. The van der Waals surface area contributed by atoms with Crippen molar-refractivity contribution >= 4 is 29.4 Å². The standard InChI is InChI=1S/C16H18ClNO5/c1-3-22-15(20)7-8-16(21)23-10-14(19)18-11(2)12-5-4-6-13(17)9-12/h4-9,11H,3,10H2,1-2H3,(H,18,19)/b8-7+/t11-/m1/s1. The van der Waals surface area contributed by atoms with Gasteiger partial charge in [-0.25, -0.2) is 9.59 Å². The number of benzene rings is 1. The predicted molar refractivity (Wildman–Crippen MR) is 84.7 cm³/mol. The van der Waals surface area contributed by atoms with Gasteiger partial charge in [-0.3, -0.25) is 4.79 Å². The van der Waals surface area contributed by atoms with Crippen LogP contribution < -0.4 is 5.32 Å². The molecule has 6 nitrogen and oxygen atoms in total. The summed E-state index contributed by atoms with van der Waals surface area (Å²) in [6.45, 7) is 3.19. The second-order valence-corrected chi connectivity index (χ2v) is 4.97. The van der Waals surface area contributed by atoms with Crippen molar-refractivity contribution in [2.24, 2.45) is 0 Å². The predicted octanol–water partition coefficient (Wildman–Crippen LogP) is 2.18. The number of ether oxygens (including phenoxy) is 2. The lowest BCUT2D eigenvalue weighted by Crippen LogP contribution is -2.30. The Bertz CT molecular complexity index is 600. The Kier molecular flexibility index (Phi) is 7.83. The Morgan fingerprint density at radius 1 is 1.22 bits per heavy atom. The lowest BCUT2D eigenvalue weighted by atomic mass is 10.1. The lowest BCUT2D eigenvalue weighted by molar-refractivity contribution is -0.144. The Morgan fingerprint density at radius 3 is 2.48 bits per heavy atom. The van der Waals surface area contributed by atoms with Gasteiger partial charge in [0, 0.05) is 17.2 Å². The Labute approximate surface area is 139 Å². The second kappa shape index (κ2) is 9.63. The van der Waals surface area contributed by atoms with Gasteiger partial charge in [-0.15, -0.1) is 0 Å². The Morgan fingerprint density at radius 2 is 1.87 bits per heavy atom. The minimum atomic E-state index is -0.802. The van der Waals surface area contributed by atoms with E-state index >= 15 is 0 Å². The molecule has 1 N–H and O–H groups in total. The quantitative estimate of drug-likeness (QED) is 0.608. The Balaban J connectivity index is 2.39. The van der Waals surface area contributed by atoms with Gasteiger partial charge >= 0.3 is 11.9 Å². The topological polar surface area (TPSA) is 81.7 Å². The molecule has 0 aliphatic rings. The smallest absolute Gasteiger partial charge is 0.331 e. The van der Waals surface area contributed by atoms with Crippen molar-refractivity contribution in [2.45, 2.75) is 19.9 Å². The molecule has 0 saturated carbocycles.